The number of carbonyl (C=O) groups is 2. The van der Waals surface area contributed by atoms with Crippen molar-refractivity contribution < 1.29 is 14.0 Å². The number of nitrogens with one attached hydrogen (secondary N) is 1. The summed E-state index contributed by atoms with van der Waals surface area (Å²) in [5, 5.41) is 2.55. The molecule has 1 saturated heterocycles. The third-order valence-electron chi connectivity index (χ3n) is 3.61. The van der Waals surface area contributed by atoms with Gasteiger partial charge in [-0.15, -0.1) is 0 Å². The van der Waals surface area contributed by atoms with Crippen molar-refractivity contribution in [1.82, 2.24) is 10.2 Å². The van der Waals surface area contributed by atoms with E-state index in [4.69, 9.17) is 16.6 Å². The van der Waals surface area contributed by atoms with E-state index < -0.39 is 11.8 Å². The number of carbonyl (C=O) groups excluding carboxylic acids is 2. The SMILES string of the molecule is Cc1ccc(-c2ccc(/C=C3\C(=O)NC(=S)N(C)C3=O)o2)c(Br)c1. The van der Waals surface area contributed by atoms with Crippen LogP contribution in [0.3, 0.4) is 0 Å². The van der Waals surface area contributed by atoms with E-state index >= 15 is 0 Å². The number of nitrogens with zero attached hydrogens (tertiary/aromatic N) is 1. The molecule has 5 nitrogen and oxygen atoms in total. The van der Waals surface area contributed by atoms with Crippen LogP contribution in [0.1, 0.15) is 11.3 Å². The Morgan fingerprint density at radius 3 is 2.71 bits per heavy atom. The van der Waals surface area contributed by atoms with Crippen molar-refractivity contribution in [1.29, 1.82) is 0 Å². The lowest BCUT2D eigenvalue weighted by Gasteiger charge is -2.24. The summed E-state index contributed by atoms with van der Waals surface area (Å²) >= 11 is 8.42. The number of halogens is 1. The van der Waals surface area contributed by atoms with Crippen LogP contribution in [0.15, 0.2) is 44.8 Å². The number of amides is 2. The topological polar surface area (TPSA) is 62.6 Å². The minimum atomic E-state index is -0.530. The minimum absolute atomic E-state index is 0.0185. The highest BCUT2D eigenvalue weighted by Crippen LogP contribution is 2.31. The van der Waals surface area contributed by atoms with Gasteiger partial charge in [-0.2, -0.15) is 0 Å². The zero-order chi connectivity index (χ0) is 17.4. The van der Waals surface area contributed by atoms with E-state index in [1.54, 1.807) is 12.1 Å². The van der Waals surface area contributed by atoms with E-state index in [9.17, 15) is 9.59 Å². The predicted octanol–water partition coefficient (Wildman–Crippen LogP) is 3.27. The molecule has 0 unspecified atom stereocenters. The summed E-state index contributed by atoms with van der Waals surface area (Å²) in [7, 11) is 1.51. The van der Waals surface area contributed by atoms with Gasteiger partial charge in [0.05, 0.1) is 0 Å². The van der Waals surface area contributed by atoms with Crippen LogP contribution in [0.5, 0.6) is 0 Å². The molecule has 0 spiro atoms. The maximum atomic E-state index is 12.2. The highest BCUT2D eigenvalue weighted by Gasteiger charge is 2.31. The average Bonchev–Trinajstić information content (AvgIpc) is 2.98. The second-order valence-electron chi connectivity index (χ2n) is 5.37. The van der Waals surface area contributed by atoms with Crippen molar-refractivity contribution in [3.05, 3.63) is 51.7 Å². The molecule has 1 aliphatic heterocycles. The van der Waals surface area contributed by atoms with Crippen molar-refractivity contribution in [3.8, 4) is 11.3 Å². The monoisotopic (exact) mass is 404 g/mol. The molecular weight excluding hydrogens is 392 g/mol. The number of hydrogen-bond acceptors (Lipinski definition) is 4. The molecule has 122 valence electrons. The maximum absolute atomic E-state index is 12.2. The van der Waals surface area contributed by atoms with Gasteiger partial charge in [0, 0.05) is 17.1 Å². The molecule has 1 aliphatic rings. The Kier molecular flexibility index (Phi) is 4.38. The Labute approximate surface area is 152 Å². The summed E-state index contributed by atoms with van der Waals surface area (Å²) in [4.78, 5) is 25.4. The Morgan fingerprint density at radius 1 is 1.25 bits per heavy atom. The second kappa shape index (κ2) is 6.33. The van der Waals surface area contributed by atoms with Gasteiger partial charge in [0.15, 0.2) is 5.11 Å². The molecule has 1 fully saturated rings. The van der Waals surface area contributed by atoms with Gasteiger partial charge in [0.25, 0.3) is 11.8 Å². The van der Waals surface area contributed by atoms with Crippen LogP contribution in [0.2, 0.25) is 0 Å². The molecule has 0 radical (unpaired) electrons. The third kappa shape index (κ3) is 3.05. The molecule has 2 amide bonds. The summed E-state index contributed by atoms with van der Waals surface area (Å²) < 4.78 is 6.67. The molecule has 1 aromatic carbocycles. The van der Waals surface area contributed by atoms with Gasteiger partial charge >= 0.3 is 0 Å². The molecule has 3 rings (SSSR count). The minimum Gasteiger partial charge on any atom is -0.457 e. The maximum Gasteiger partial charge on any atom is 0.265 e. The molecule has 0 saturated carbocycles. The number of aryl methyl sites for hydroxylation is 1. The van der Waals surface area contributed by atoms with Crippen LogP contribution < -0.4 is 5.32 Å². The van der Waals surface area contributed by atoms with Gasteiger partial charge in [0.2, 0.25) is 0 Å². The van der Waals surface area contributed by atoms with Crippen molar-refractivity contribution in [2.45, 2.75) is 6.92 Å². The smallest absolute Gasteiger partial charge is 0.265 e. The van der Waals surface area contributed by atoms with Gasteiger partial charge in [-0.05, 0) is 55.0 Å². The Morgan fingerprint density at radius 2 is 2.00 bits per heavy atom. The first-order valence-corrected chi connectivity index (χ1v) is 8.28. The highest BCUT2D eigenvalue weighted by molar-refractivity contribution is 9.10. The number of benzene rings is 1. The van der Waals surface area contributed by atoms with E-state index in [-0.39, 0.29) is 10.7 Å². The molecule has 2 aromatic rings. The standard InChI is InChI=1S/C17H13BrN2O3S/c1-9-3-5-11(13(18)7-9)14-6-4-10(23-14)8-12-15(21)19-17(24)20(2)16(12)22/h3-8H,1-2H3,(H,19,21,24)/b12-8+. The molecule has 2 heterocycles. The number of rotatable bonds is 2. The third-order valence-corrected chi connectivity index (χ3v) is 4.64. The first-order chi connectivity index (χ1) is 11.4. The number of hydrogen-bond donors (Lipinski definition) is 1. The van der Waals surface area contributed by atoms with Crippen molar-refractivity contribution >= 4 is 51.2 Å². The fraction of sp³-hybridized carbons (Fsp3) is 0.118. The molecule has 1 N–H and O–H groups in total. The van der Waals surface area contributed by atoms with Crippen LogP contribution >= 0.6 is 28.1 Å². The Bertz CT molecular complexity index is 901. The van der Waals surface area contributed by atoms with E-state index in [0.717, 1.165) is 15.6 Å². The lowest BCUT2D eigenvalue weighted by molar-refractivity contribution is -0.128. The van der Waals surface area contributed by atoms with Crippen LogP contribution in [-0.4, -0.2) is 28.9 Å². The molecule has 0 atom stereocenters. The molecule has 1 aromatic heterocycles. The zero-order valence-corrected chi connectivity index (χ0v) is 15.3. The first-order valence-electron chi connectivity index (χ1n) is 7.08. The first kappa shape index (κ1) is 16.6. The summed E-state index contributed by atoms with van der Waals surface area (Å²) in [5.74, 6) is 0.0641. The van der Waals surface area contributed by atoms with E-state index in [2.05, 4.69) is 21.2 Å². The summed E-state index contributed by atoms with van der Waals surface area (Å²) in [6.45, 7) is 2.00. The van der Waals surface area contributed by atoms with Gasteiger partial charge in [0.1, 0.15) is 17.1 Å². The van der Waals surface area contributed by atoms with Crippen LogP contribution in [0.25, 0.3) is 17.4 Å². The van der Waals surface area contributed by atoms with E-state index in [1.807, 2.05) is 25.1 Å². The quantitative estimate of drug-likeness (QED) is 0.473. The highest BCUT2D eigenvalue weighted by atomic mass is 79.9. The van der Waals surface area contributed by atoms with Crippen molar-refractivity contribution in [2.75, 3.05) is 7.05 Å². The molecular formula is C17H13BrN2O3S. The summed E-state index contributed by atoms with van der Waals surface area (Å²) in [6.07, 6.45) is 1.42. The zero-order valence-electron chi connectivity index (χ0n) is 12.9. The largest absolute Gasteiger partial charge is 0.457 e. The van der Waals surface area contributed by atoms with Gasteiger partial charge in [-0.3, -0.25) is 19.8 Å². The Hall–Kier alpha value is -2.25. The summed E-state index contributed by atoms with van der Waals surface area (Å²) in [5.41, 5.74) is 2.00. The fourth-order valence-electron chi connectivity index (χ4n) is 2.28. The van der Waals surface area contributed by atoms with Crippen LogP contribution in [0, 0.1) is 6.92 Å². The fourth-order valence-corrected chi connectivity index (χ4v) is 3.15. The van der Waals surface area contributed by atoms with Crippen molar-refractivity contribution in [3.63, 3.8) is 0 Å². The molecule has 0 bridgehead atoms. The van der Waals surface area contributed by atoms with E-state index in [0.29, 0.717) is 11.5 Å². The van der Waals surface area contributed by atoms with Crippen LogP contribution in [0.4, 0.5) is 0 Å². The predicted molar refractivity (Wildman–Crippen MR) is 98.1 cm³/mol. The lowest BCUT2D eigenvalue weighted by Crippen LogP contribution is -2.52. The number of thiocarbonyl (C=S) groups is 1. The lowest BCUT2D eigenvalue weighted by atomic mass is 10.1. The average molecular weight is 405 g/mol. The van der Waals surface area contributed by atoms with Gasteiger partial charge in [-0.25, -0.2) is 0 Å². The van der Waals surface area contributed by atoms with Gasteiger partial charge < -0.3 is 4.42 Å². The van der Waals surface area contributed by atoms with Crippen LogP contribution in [-0.2, 0) is 9.59 Å². The molecule has 24 heavy (non-hydrogen) atoms. The van der Waals surface area contributed by atoms with E-state index in [1.165, 1.54) is 18.0 Å². The molecule has 0 aliphatic carbocycles. The second-order valence-corrected chi connectivity index (χ2v) is 6.61. The summed E-state index contributed by atoms with van der Waals surface area (Å²) in [6, 6.07) is 9.42. The van der Waals surface area contributed by atoms with Crippen molar-refractivity contribution in [2.24, 2.45) is 0 Å². The van der Waals surface area contributed by atoms with Gasteiger partial charge in [-0.1, -0.05) is 22.0 Å². The number of furan rings is 1. The molecule has 7 heteroatoms. The number of likely N-dealkylation sites (N-methyl/N-ethyl adjacent to an activating group) is 1. The Balaban J connectivity index is 1.95. The normalized spacial score (nSPS) is 16.7.